The summed E-state index contributed by atoms with van der Waals surface area (Å²) >= 11 is 0. The van der Waals surface area contributed by atoms with Gasteiger partial charge >= 0.3 is 0 Å². The first kappa shape index (κ1) is 21.5. The molecule has 170 valence electrons. The fraction of sp³-hybridized carbons (Fsp3) is 0.292. The highest BCUT2D eigenvalue weighted by atomic mass is 32.2. The number of aryl methyl sites for hydroxylation is 2. The van der Waals surface area contributed by atoms with Crippen LogP contribution >= 0.6 is 0 Å². The van der Waals surface area contributed by atoms with Crippen molar-refractivity contribution in [3.05, 3.63) is 66.1 Å². The van der Waals surface area contributed by atoms with Gasteiger partial charge in [0.1, 0.15) is 16.4 Å². The lowest BCUT2D eigenvalue weighted by Gasteiger charge is -2.24. The number of benzene rings is 2. The number of rotatable bonds is 4. The van der Waals surface area contributed by atoms with Gasteiger partial charge in [0.25, 0.3) is 0 Å². The molecule has 0 radical (unpaired) electrons. The summed E-state index contributed by atoms with van der Waals surface area (Å²) < 4.78 is 33.3. The summed E-state index contributed by atoms with van der Waals surface area (Å²) in [5.41, 5.74) is 2.20. The Bertz CT molecular complexity index is 1380. The molecule has 0 saturated carbocycles. The van der Waals surface area contributed by atoms with Gasteiger partial charge in [-0.25, -0.2) is 18.4 Å². The van der Waals surface area contributed by atoms with Crippen LogP contribution in [0.2, 0.25) is 0 Å². The van der Waals surface area contributed by atoms with Crippen molar-refractivity contribution in [3.8, 4) is 11.4 Å². The predicted molar refractivity (Wildman–Crippen MR) is 127 cm³/mol. The summed E-state index contributed by atoms with van der Waals surface area (Å²) in [6.45, 7) is 5.30. The van der Waals surface area contributed by atoms with E-state index >= 15 is 0 Å². The Morgan fingerprint density at radius 1 is 0.879 bits per heavy atom. The Morgan fingerprint density at radius 2 is 1.64 bits per heavy atom. The number of para-hydroxylation sites is 1. The van der Waals surface area contributed by atoms with Crippen LogP contribution in [0.5, 0.6) is 0 Å². The minimum atomic E-state index is -3.68. The van der Waals surface area contributed by atoms with E-state index in [2.05, 4.69) is 10.1 Å². The smallest absolute Gasteiger partial charge is 0.248 e. The maximum atomic E-state index is 13.3. The predicted octanol–water partition coefficient (Wildman–Crippen LogP) is 3.80. The molecule has 3 heterocycles. The molecule has 9 heteroatoms. The van der Waals surface area contributed by atoms with E-state index in [1.54, 1.807) is 13.8 Å². The van der Waals surface area contributed by atoms with Crippen molar-refractivity contribution in [2.24, 2.45) is 0 Å². The van der Waals surface area contributed by atoms with Gasteiger partial charge in [-0.05, 0) is 32.4 Å². The molecule has 5 rings (SSSR count). The second kappa shape index (κ2) is 8.57. The molecule has 1 aliphatic rings. The molecular formula is C24H25N5O3S. The first-order valence-corrected chi connectivity index (χ1v) is 12.4. The van der Waals surface area contributed by atoms with Crippen molar-refractivity contribution in [3.63, 3.8) is 0 Å². The summed E-state index contributed by atoms with van der Waals surface area (Å²) in [5, 5.41) is 4.79. The normalized spacial score (nSPS) is 15.6. The first-order chi connectivity index (χ1) is 15.9. The van der Waals surface area contributed by atoms with Crippen LogP contribution in [0.15, 0.2) is 64.0 Å². The lowest BCUT2D eigenvalue weighted by atomic mass is 10.1. The van der Waals surface area contributed by atoms with Crippen LogP contribution in [0.4, 0.5) is 5.82 Å². The molecule has 1 fully saturated rings. The molecule has 0 aliphatic carbocycles. The fourth-order valence-electron chi connectivity index (χ4n) is 4.34. The number of anilines is 1. The summed E-state index contributed by atoms with van der Waals surface area (Å²) in [7, 11) is -3.68. The number of nitrogens with zero attached hydrogens (tertiary/aromatic N) is 5. The van der Waals surface area contributed by atoms with Gasteiger partial charge in [-0.3, -0.25) is 0 Å². The second-order valence-corrected chi connectivity index (χ2v) is 10.0. The third kappa shape index (κ3) is 3.98. The molecule has 2 aromatic heterocycles. The van der Waals surface area contributed by atoms with Gasteiger partial charge in [-0.15, -0.1) is 0 Å². The Labute approximate surface area is 192 Å². The second-order valence-electron chi connectivity index (χ2n) is 8.15. The quantitative estimate of drug-likeness (QED) is 0.454. The monoisotopic (exact) mass is 463 g/mol. The van der Waals surface area contributed by atoms with Gasteiger partial charge in [0.2, 0.25) is 10.0 Å². The average Bonchev–Trinajstić information content (AvgIpc) is 3.01. The van der Waals surface area contributed by atoms with Crippen LogP contribution in [0, 0.1) is 13.8 Å². The first-order valence-electron chi connectivity index (χ1n) is 11.0. The van der Waals surface area contributed by atoms with Gasteiger partial charge < -0.3 is 9.42 Å². The van der Waals surface area contributed by atoms with Crippen molar-refractivity contribution in [2.75, 3.05) is 31.1 Å². The highest BCUT2D eigenvalue weighted by Crippen LogP contribution is 2.29. The Balaban J connectivity index is 1.49. The highest BCUT2D eigenvalue weighted by Gasteiger charge is 2.32. The van der Waals surface area contributed by atoms with E-state index < -0.39 is 10.0 Å². The number of hydrogen-bond acceptors (Lipinski definition) is 7. The molecule has 0 atom stereocenters. The summed E-state index contributed by atoms with van der Waals surface area (Å²) in [6, 6.07) is 17.8. The van der Waals surface area contributed by atoms with E-state index in [1.165, 1.54) is 4.31 Å². The van der Waals surface area contributed by atoms with E-state index in [4.69, 9.17) is 14.5 Å². The van der Waals surface area contributed by atoms with Crippen LogP contribution < -0.4 is 4.90 Å². The van der Waals surface area contributed by atoms with Gasteiger partial charge in [-0.1, -0.05) is 47.6 Å². The molecule has 8 nitrogen and oxygen atoms in total. The van der Waals surface area contributed by atoms with Crippen LogP contribution in [-0.4, -0.2) is 54.0 Å². The molecule has 4 aromatic rings. The minimum absolute atomic E-state index is 0.176. The molecule has 1 saturated heterocycles. The number of fused-ring (bicyclic) bond motifs is 1. The topological polar surface area (TPSA) is 92.4 Å². The van der Waals surface area contributed by atoms with Crippen LogP contribution in [0.1, 0.15) is 17.9 Å². The molecule has 0 unspecified atom stereocenters. The van der Waals surface area contributed by atoms with Crippen molar-refractivity contribution in [2.45, 2.75) is 25.2 Å². The zero-order valence-corrected chi connectivity index (χ0v) is 19.4. The van der Waals surface area contributed by atoms with E-state index in [9.17, 15) is 8.42 Å². The third-order valence-electron chi connectivity index (χ3n) is 5.94. The largest absolute Gasteiger partial charge is 0.360 e. The van der Waals surface area contributed by atoms with E-state index in [1.807, 2.05) is 54.6 Å². The molecule has 0 amide bonds. The van der Waals surface area contributed by atoms with Crippen LogP contribution in [0.3, 0.4) is 0 Å². The van der Waals surface area contributed by atoms with Crippen LogP contribution in [-0.2, 0) is 10.0 Å². The molecular weight excluding hydrogens is 438 g/mol. The number of aromatic nitrogens is 3. The van der Waals surface area contributed by atoms with E-state index in [0.717, 1.165) is 22.3 Å². The third-order valence-corrected chi connectivity index (χ3v) is 8.08. The molecule has 33 heavy (non-hydrogen) atoms. The Hall–Kier alpha value is -3.30. The SMILES string of the molecule is Cc1noc(C)c1S(=O)(=O)N1CCCN(c2nc(-c3ccccc3)nc3ccccc23)CC1. The van der Waals surface area contributed by atoms with Crippen molar-refractivity contribution >= 4 is 26.7 Å². The van der Waals surface area contributed by atoms with Gasteiger partial charge in [-0.2, -0.15) is 4.31 Å². The van der Waals surface area contributed by atoms with Gasteiger partial charge in [0.15, 0.2) is 11.6 Å². The standard InChI is InChI=1S/C24H25N5O3S/c1-17-22(18(2)32-27-17)33(30,31)29-14-8-13-28(15-16-29)24-20-11-6-7-12-21(20)25-23(26-24)19-9-4-3-5-10-19/h3-7,9-12H,8,13-16H2,1-2H3. The average molecular weight is 464 g/mol. The molecule has 1 aliphatic heterocycles. The van der Waals surface area contributed by atoms with Crippen molar-refractivity contribution in [1.82, 2.24) is 19.4 Å². The lowest BCUT2D eigenvalue weighted by Crippen LogP contribution is -2.36. The van der Waals surface area contributed by atoms with E-state index in [-0.39, 0.29) is 4.90 Å². The summed E-state index contributed by atoms with van der Waals surface area (Å²) in [4.78, 5) is 12.0. The fourth-order valence-corrected chi connectivity index (χ4v) is 6.10. The highest BCUT2D eigenvalue weighted by molar-refractivity contribution is 7.89. The minimum Gasteiger partial charge on any atom is -0.360 e. The maximum Gasteiger partial charge on any atom is 0.248 e. The zero-order chi connectivity index (χ0) is 23.0. The van der Waals surface area contributed by atoms with Crippen molar-refractivity contribution < 1.29 is 12.9 Å². The molecule has 0 N–H and O–H groups in total. The van der Waals surface area contributed by atoms with Crippen LogP contribution in [0.25, 0.3) is 22.3 Å². The van der Waals surface area contributed by atoms with Gasteiger partial charge in [0, 0.05) is 37.1 Å². The van der Waals surface area contributed by atoms with Crippen molar-refractivity contribution in [1.29, 1.82) is 0 Å². The molecule has 0 spiro atoms. The Kier molecular flexibility index (Phi) is 5.59. The number of hydrogen-bond donors (Lipinski definition) is 0. The lowest BCUT2D eigenvalue weighted by molar-refractivity contribution is 0.389. The number of sulfonamides is 1. The maximum absolute atomic E-state index is 13.3. The Morgan fingerprint density at radius 3 is 2.39 bits per heavy atom. The van der Waals surface area contributed by atoms with E-state index in [0.29, 0.717) is 49.9 Å². The van der Waals surface area contributed by atoms with Gasteiger partial charge in [0.05, 0.1) is 5.52 Å². The zero-order valence-electron chi connectivity index (χ0n) is 18.6. The summed E-state index contributed by atoms with van der Waals surface area (Å²) in [6.07, 6.45) is 0.682. The summed E-state index contributed by atoms with van der Waals surface area (Å²) in [5.74, 6) is 1.81. The molecule has 2 aromatic carbocycles. The molecule has 0 bridgehead atoms.